The van der Waals surface area contributed by atoms with Crippen molar-refractivity contribution in [3.05, 3.63) is 0 Å². The normalized spacial score (nSPS) is 22.0. The summed E-state index contributed by atoms with van der Waals surface area (Å²) in [4.78, 5) is 0. The highest BCUT2D eigenvalue weighted by Crippen LogP contribution is 2.28. The minimum absolute atomic E-state index is 0.0690. The van der Waals surface area contributed by atoms with Crippen LogP contribution >= 0.6 is 69.6 Å². The molecule has 0 heterocycles. The van der Waals surface area contributed by atoms with Gasteiger partial charge in [0.05, 0.1) is 21.5 Å². The molecule has 0 saturated carbocycles. The summed E-state index contributed by atoms with van der Waals surface area (Å²) < 4.78 is 0. The van der Waals surface area contributed by atoms with Crippen molar-refractivity contribution in [2.45, 2.75) is 71.8 Å². The molecule has 0 amide bonds. The second kappa shape index (κ2) is 10.5. The summed E-state index contributed by atoms with van der Waals surface area (Å²) in [5.41, 5.74) is 0. The van der Waals surface area contributed by atoms with E-state index in [1.165, 1.54) is 0 Å². The van der Waals surface area contributed by atoms with E-state index < -0.39 is 0 Å². The van der Waals surface area contributed by atoms with Gasteiger partial charge in [-0.25, -0.2) is 0 Å². The fourth-order valence-electron chi connectivity index (χ4n) is 1.52. The van der Waals surface area contributed by atoms with Crippen molar-refractivity contribution in [2.75, 3.05) is 0 Å². The molecular weight excluding hydrogens is 357 g/mol. The summed E-state index contributed by atoms with van der Waals surface area (Å²) in [5, 5.41) is -1.06. The monoisotopic (exact) mass is 374 g/mol. The second-order valence-corrected chi connectivity index (χ2v) is 8.01. The SMILES string of the molecule is CCCC(Cl)C(Cl)CC(Cl)C(Cl)CC(Cl)C(C)Cl. The van der Waals surface area contributed by atoms with Crippen LogP contribution in [0.25, 0.3) is 0 Å². The number of rotatable bonds is 9. The molecule has 0 radical (unpaired) electrons. The highest BCUT2D eigenvalue weighted by molar-refractivity contribution is 6.33. The zero-order valence-corrected chi connectivity index (χ0v) is 15.1. The van der Waals surface area contributed by atoms with Gasteiger partial charge in [0, 0.05) is 10.8 Å². The van der Waals surface area contributed by atoms with Crippen LogP contribution in [-0.2, 0) is 0 Å². The molecule has 6 unspecified atom stereocenters. The van der Waals surface area contributed by atoms with Crippen LogP contribution in [0.3, 0.4) is 0 Å². The van der Waals surface area contributed by atoms with Crippen LogP contribution in [0.1, 0.15) is 39.5 Å². The largest absolute Gasteiger partial charge is 0.122 e. The van der Waals surface area contributed by atoms with Gasteiger partial charge in [-0.15, -0.1) is 69.6 Å². The van der Waals surface area contributed by atoms with Crippen molar-refractivity contribution < 1.29 is 0 Å². The van der Waals surface area contributed by atoms with Crippen molar-refractivity contribution in [2.24, 2.45) is 0 Å². The van der Waals surface area contributed by atoms with E-state index in [2.05, 4.69) is 6.92 Å². The van der Waals surface area contributed by atoms with Crippen LogP contribution in [0.15, 0.2) is 0 Å². The smallest absolute Gasteiger partial charge is 0.0514 e. The Morgan fingerprint density at radius 3 is 1.44 bits per heavy atom. The molecule has 0 fully saturated rings. The van der Waals surface area contributed by atoms with Crippen molar-refractivity contribution in [1.82, 2.24) is 0 Å². The van der Waals surface area contributed by atoms with Gasteiger partial charge < -0.3 is 0 Å². The summed E-state index contributed by atoms with van der Waals surface area (Å²) in [6.45, 7) is 3.91. The Bertz CT molecular complexity index is 211. The van der Waals surface area contributed by atoms with Gasteiger partial charge in [-0.1, -0.05) is 13.3 Å². The maximum absolute atomic E-state index is 6.24. The molecule has 0 rings (SSSR count). The first-order chi connectivity index (χ1) is 8.29. The van der Waals surface area contributed by atoms with Crippen molar-refractivity contribution in [3.63, 3.8) is 0 Å². The zero-order valence-electron chi connectivity index (χ0n) is 10.6. The molecule has 0 bridgehead atoms. The lowest BCUT2D eigenvalue weighted by molar-refractivity contribution is 0.586. The summed E-state index contributed by atoms with van der Waals surface area (Å²) in [7, 11) is 0. The van der Waals surface area contributed by atoms with Crippen LogP contribution in [-0.4, -0.2) is 32.3 Å². The Hall–Kier alpha value is 1.74. The minimum Gasteiger partial charge on any atom is -0.122 e. The molecule has 0 aliphatic rings. The maximum atomic E-state index is 6.24. The van der Waals surface area contributed by atoms with Crippen LogP contribution in [0.4, 0.5) is 0 Å². The topological polar surface area (TPSA) is 0 Å². The molecular formula is C12H20Cl6. The Labute approximate surface area is 141 Å². The van der Waals surface area contributed by atoms with E-state index in [1.54, 1.807) is 0 Å². The molecule has 18 heavy (non-hydrogen) atoms. The third-order valence-electron chi connectivity index (χ3n) is 2.75. The third kappa shape index (κ3) is 8.12. The molecule has 0 aromatic carbocycles. The van der Waals surface area contributed by atoms with Crippen LogP contribution in [0.2, 0.25) is 0 Å². The third-order valence-corrected chi connectivity index (χ3v) is 5.97. The van der Waals surface area contributed by atoms with E-state index in [0.717, 1.165) is 12.8 Å². The molecule has 6 atom stereocenters. The average molecular weight is 377 g/mol. The summed E-state index contributed by atoms with van der Waals surface area (Å²) in [6, 6.07) is 0. The predicted octanol–water partition coefficient (Wildman–Crippen LogP) is 6.23. The highest BCUT2D eigenvalue weighted by Gasteiger charge is 2.27. The van der Waals surface area contributed by atoms with Crippen molar-refractivity contribution in [3.8, 4) is 0 Å². The fourth-order valence-corrected chi connectivity index (χ4v) is 3.22. The first-order valence-electron chi connectivity index (χ1n) is 6.14. The Morgan fingerprint density at radius 2 is 1.06 bits per heavy atom. The van der Waals surface area contributed by atoms with E-state index in [-0.39, 0.29) is 32.3 Å². The average Bonchev–Trinajstić information content (AvgIpc) is 2.28. The van der Waals surface area contributed by atoms with E-state index in [9.17, 15) is 0 Å². The number of alkyl halides is 6. The molecule has 0 N–H and O–H groups in total. The zero-order chi connectivity index (χ0) is 14.3. The molecule has 0 aliphatic carbocycles. The molecule has 0 aromatic heterocycles. The Kier molecular flexibility index (Phi) is 11.5. The van der Waals surface area contributed by atoms with E-state index >= 15 is 0 Å². The van der Waals surface area contributed by atoms with Gasteiger partial charge in [-0.05, 0) is 26.2 Å². The molecule has 0 spiro atoms. The second-order valence-electron chi connectivity index (χ2n) is 4.52. The molecule has 110 valence electrons. The lowest BCUT2D eigenvalue weighted by Crippen LogP contribution is -2.28. The van der Waals surface area contributed by atoms with E-state index in [0.29, 0.717) is 12.8 Å². The first kappa shape index (κ1) is 19.7. The lowest BCUT2D eigenvalue weighted by Gasteiger charge is -2.23. The molecule has 0 nitrogen and oxygen atoms in total. The number of halogens is 6. The molecule has 0 aromatic rings. The molecule has 0 saturated heterocycles. The van der Waals surface area contributed by atoms with Gasteiger partial charge in [0.25, 0.3) is 0 Å². The van der Waals surface area contributed by atoms with Gasteiger partial charge in [0.15, 0.2) is 0 Å². The first-order valence-corrected chi connectivity index (χ1v) is 8.75. The minimum atomic E-state index is -0.248. The van der Waals surface area contributed by atoms with Gasteiger partial charge >= 0.3 is 0 Å². The van der Waals surface area contributed by atoms with Crippen LogP contribution in [0.5, 0.6) is 0 Å². The van der Waals surface area contributed by atoms with Crippen molar-refractivity contribution >= 4 is 69.6 Å². The Balaban J connectivity index is 4.10. The molecule has 6 heteroatoms. The van der Waals surface area contributed by atoms with Gasteiger partial charge in [0.1, 0.15) is 0 Å². The molecule has 0 aliphatic heterocycles. The Morgan fingerprint density at radius 1 is 0.667 bits per heavy atom. The van der Waals surface area contributed by atoms with Gasteiger partial charge in [0.2, 0.25) is 0 Å². The van der Waals surface area contributed by atoms with Crippen LogP contribution < -0.4 is 0 Å². The maximum Gasteiger partial charge on any atom is 0.0514 e. The lowest BCUT2D eigenvalue weighted by atomic mass is 10.0. The summed E-state index contributed by atoms with van der Waals surface area (Å²) in [6.07, 6.45) is 3.02. The van der Waals surface area contributed by atoms with Gasteiger partial charge in [-0.2, -0.15) is 0 Å². The fraction of sp³-hybridized carbons (Fsp3) is 1.00. The predicted molar refractivity (Wildman–Crippen MR) is 87.7 cm³/mol. The number of hydrogen-bond acceptors (Lipinski definition) is 0. The van der Waals surface area contributed by atoms with E-state index in [4.69, 9.17) is 69.6 Å². The van der Waals surface area contributed by atoms with Gasteiger partial charge in [-0.3, -0.25) is 0 Å². The standard InChI is InChI=1S/C12H20Cl6/c1-3-4-8(14)10(16)6-12(18)11(17)5-9(15)7(2)13/h7-12H,3-6H2,1-2H3. The quantitative estimate of drug-likeness (QED) is 0.418. The van der Waals surface area contributed by atoms with E-state index in [1.807, 2.05) is 6.92 Å². The number of hydrogen-bond donors (Lipinski definition) is 0. The summed E-state index contributed by atoms with van der Waals surface area (Å²) >= 11 is 36.8. The summed E-state index contributed by atoms with van der Waals surface area (Å²) in [5.74, 6) is 0. The highest BCUT2D eigenvalue weighted by atomic mass is 35.5. The van der Waals surface area contributed by atoms with Crippen molar-refractivity contribution in [1.29, 1.82) is 0 Å². The van der Waals surface area contributed by atoms with Crippen LogP contribution in [0, 0.1) is 0 Å².